The van der Waals surface area contributed by atoms with Crippen LogP contribution in [0.25, 0.3) is 0 Å². The lowest BCUT2D eigenvalue weighted by Gasteiger charge is -2.19. The third-order valence-corrected chi connectivity index (χ3v) is 3.32. The number of carbonyl (C=O) groups excluding carboxylic acids is 1. The summed E-state index contributed by atoms with van der Waals surface area (Å²) in [4.78, 5) is 13.1. The van der Waals surface area contributed by atoms with Crippen LogP contribution in [0.1, 0.15) is 28.8 Å². The molecular formula is C16H17F2NO3. The van der Waals surface area contributed by atoms with E-state index in [-0.39, 0.29) is 17.9 Å². The van der Waals surface area contributed by atoms with Crippen molar-refractivity contribution in [3.05, 3.63) is 59.1 Å². The minimum atomic E-state index is -0.576. The van der Waals surface area contributed by atoms with Crippen molar-refractivity contribution in [2.45, 2.75) is 20.0 Å². The second-order valence-corrected chi connectivity index (χ2v) is 4.76. The number of nitrogens with zero attached hydrogens (tertiary/aromatic N) is 1. The second kappa shape index (κ2) is 7.17. The summed E-state index contributed by atoms with van der Waals surface area (Å²) in [7, 11) is 1.27. The van der Waals surface area contributed by atoms with Gasteiger partial charge in [0.1, 0.15) is 17.4 Å². The number of benzene rings is 1. The molecule has 0 bridgehead atoms. The van der Waals surface area contributed by atoms with Crippen LogP contribution in [-0.4, -0.2) is 24.5 Å². The average molecular weight is 309 g/mol. The minimum Gasteiger partial charge on any atom is -0.463 e. The third-order valence-electron chi connectivity index (χ3n) is 3.32. The Hall–Kier alpha value is -2.21. The Balaban J connectivity index is 2.09. The lowest BCUT2D eigenvalue weighted by Crippen LogP contribution is -2.23. The van der Waals surface area contributed by atoms with Gasteiger partial charge in [0.05, 0.1) is 13.7 Å². The zero-order valence-electron chi connectivity index (χ0n) is 12.4. The maximum absolute atomic E-state index is 13.7. The van der Waals surface area contributed by atoms with Gasteiger partial charge >= 0.3 is 5.97 Å². The van der Waals surface area contributed by atoms with Gasteiger partial charge in [0.2, 0.25) is 5.76 Å². The Morgan fingerprint density at radius 1 is 1.18 bits per heavy atom. The van der Waals surface area contributed by atoms with E-state index < -0.39 is 17.6 Å². The van der Waals surface area contributed by atoms with Crippen LogP contribution in [0.3, 0.4) is 0 Å². The molecule has 4 nitrogen and oxygen atoms in total. The summed E-state index contributed by atoms with van der Waals surface area (Å²) >= 11 is 0. The smallest absolute Gasteiger partial charge is 0.373 e. The number of ether oxygens (including phenoxy) is 1. The summed E-state index contributed by atoms with van der Waals surface area (Å²) in [6.45, 7) is 2.90. The first-order chi connectivity index (χ1) is 10.5. The summed E-state index contributed by atoms with van der Waals surface area (Å²) in [5, 5.41) is 0. The topological polar surface area (TPSA) is 42.7 Å². The van der Waals surface area contributed by atoms with Crippen LogP contribution in [0.2, 0.25) is 0 Å². The van der Waals surface area contributed by atoms with Crippen LogP contribution in [-0.2, 0) is 17.8 Å². The van der Waals surface area contributed by atoms with Gasteiger partial charge in [-0.3, -0.25) is 4.90 Å². The molecule has 0 spiro atoms. The number of hydrogen-bond acceptors (Lipinski definition) is 4. The Kier molecular flexibility index (Phi) is 5.27. The number of halogens is 2. The molecule has 0 atom stereocenters. The quantitative estimate of drug-likeness (QED) is 0.767. The number of methoxy groups -OCH3 is 1. The molecule has 0 saturated heterocycles. The van der Waals surface area contributed by atoms with Crippen molar-refractivity contribution in [1.29, 1.82) is 0 Å². The van der Waals surface area contributed by atoms with Crippen molar-refractivity contribution in [1.82, 2.24) is 4.90 Å². The van der Waals surface area contributed by atoms with Gasteiger partial charge < -0.3 is 9.15 Å². The first-order valence-corrected chi connectivity index (χ1v) is 6.87. The molecule has 0 aliphatic carbocycles. The standard InChI is InChI=1S/C16H17F2NO3/c1-3-19(10-12-13(17)5-4-6-14(12)18)9-11-7-8-15(22-11)16(20)21-2/h4-8H,3,9-10H2,1-2H3. The van der Waals surface area contributed by atoms with E-state index in [1.165, 1.54) is 31.4 Å². The van der Waals surface area contributed by atoms with E-state index in [0.29, 0.717) is 18.8 Å². The highest BCUT2D eigenvalue weighted by atomic mass is 19.1. The van der Waals surface area contributed by atoms with Gasteiger partial charge in [0, 0.05) is 12.1 Å². The minimum absolute atomic E-state index is 0.0177. The maximum Gasteiger partial charge on any atom is 0.373 e. The van der Waals surface area contributed by atoms with E-state index in [2.05, 4.69) is 4.74 Å². The molecule has 0 unspecified atom stereocenters. The molecule has 0 amide bonds. The van der Waals surface area contributed by atoms with Crippen molar-refractivity contribution < 1.29 is 22.7 Å². The first-order valence-electron chi connectivity index (χ1n) is 6.87. The van der Waals surface area contributed by atoms with Gasteiger partial charge in [-0.25, -0.2) is 13.6 Å². The summed E-state index contributed by atoms with van der Waals surface area (Å²) in [6, 6.07) is 6.95. The molecule has 6 heteroatoms. The van der Waals surface area contributed by atoms with Gasteiger partial charge in [-0.2, -0.15) is 0 Å². The fourth-order valence-corrected chi connectivity index (χ4v) is 2.08. The summed E-state index contributed by atoms with van der Waals surface area (Å²) in [5.74, 6) is -1.08. The van der Waals surface area contributed by atoms with Crippen molar-refractivity contribution in [3.63, 3.8) is 0 Å². The number of rotatable bonds is 6. The van der Waals surface area contributed by atoms with E-state index in [9.17, 15) is 13.6 Å². The molecule has 0 aliphatic heterocycles. The molecule has 0 aliphatic rings. The molecule has 2 aromatic rings. The van der Waals surface area contributed by atoms with Crippen LogP contribution in [0.4, 0.5) is 8.78 Å². The highest BCUT2D eigenvalue weighted by molar-refractivity contribution is 5.86. The highest BCUT2D eigenvalue weighted by Crippen LogP contribution is 2.17. The molecular weight excluding hydrogens is 292 g/mol. The zero-order valence-corrected chi connectivity index (χ0v) is 12.4. The average Bonchev–Trinajstić information content (AvgIpc) is 2.97. The lowest BCUT2D eigenvalue weighted by atomic mass is 10.2. The Morgan fingerprint density at radius 3 is 2.45 bits per heavy atom. The van der Waals surface area contributed by atoms with Crippen LogP contribution in [0.5, 0.6) is 0 Å². The van der Waals surface area contributed by atoms with E-state index >= 15 is 0 Å². The second-order valence-electron chi connectivity index (χ2n) is 4.76. The highest BCUT2D eigenvalue weighted by Gasteiger charge is 2.16. The lowest BCUT2D eigenvalue weighted by molar-refractivity contribution is 0.0561. The monoisotopic (exact) mass is 309 g/mol. The van der Waals surface area contributed by atoms with E-state index in [1.807, 2.05) is 6.92 Å². The molecule has 22 heavy (non-hydrogen) atoms. The Morgan fingerprint density at radius 2 is 1.86 bits per heavy atom. The molecule has 1 aromatic heterocycles. The molecule has 0 N–H and O–H groups in total. The van der Waals surface area contributed by atoms with E-state index in [1.54, 1.807) is 11.0 Å². The van der Waals surface area contributed by atoms with Crippen molar-refractivity contribution in [3.8, 4) is 0 Å². The molecule has 0 radical (unpaired) electrons. The Labute approximate surface area is 127 Å². The zero-order chi connectivity index (χ0) is 16.1. The molecule has 0 fully saturated rings. The largest absolute Gasteiger partial charge is 0.463 e. The SMILES string of the molecule is CCN(Cc1ccc(C(=O)OC)o1)Cc1c(F)cccc1F. The van der Waals surface area contributed by atoms with Crippen LogP contribution < -0.4 is 0 Å². The van der Waals surface area contributed by atoms with Gasteiger partial charge in [-0.1, -0.05) is 13.0 Å². The predicted molar refractivity (Wildman–Crippen MR) is 76.2 cm³/mol. The van der Waals surface area contributed by atoms with Crippen LogP contribution >= 0.6 is 0 Å². The van der Waals surface area contributed by atoms with Gasteiger partial charge in [-0.15, -0.1) is 0 Å². The fraction of sp³-hybridized carbons (Fsp3) is 0.312. The van der Waals surface area contributed by atoms with E-state index in [4.69, 9.17) is 4.42 Å². The van der Waals surface area contributed by atoms with Gasteiger partial charge in [0.15, 0.2) is 0 Å². The molecule has 1 aromatic carbocycles. The third kappa shape index (κ3) is 3.71. The molecule has 2 rings (SSSR count). The normalized spacial score (nSPS) is 11.0. The number of hydrogen-bond donors (Lipinski definition) is 0. The van der Waals surface area contributed by atoms with Crippen molar-refractivity contribution in [2.75, 3.05) is 13.7 Å². The number of esters is 1. The number of furan rings is 1. The van der Waals surface area contributed by atoms with Gasteiger partial charge in [0.25, 0.3) is 0 Å². The summed E-state index contributed by atoms with van der Waals surface area (Å²) < 4.78 is 37.3. The van der Waals surface area contributed by atoms with Crippen molar-refractivity contribution in [2.24, 2.45) is 0 Å². The molecule has 1 heterocycles. The van der Waals surface area contributed by atoms with Gasteiger partial charge in [-0.05, 0) is 30.8 Å². The fourth-order valence-electron chi connectivity index (χ4n) is 2.08. The van der Waals surface area contributed by atoms with Crippen LogP contribution in [0, 0.1) is 11.6 Å². The number of carbonyl (C=O) groups is 1. The maximum atomic E-state index is 13.7. The predicted octanol–water partition coefficient (Wildman–Crippen LogP) is 3.37. The Bertz CT molecular complexity index is 634. The summed E-state index contributed by atoms with van der Waals surface area (Å²) in [6.07, 6.45) is 0. The van der Waals surface area contributed by atoms with Crippen molar-refractivity contribution >= 4 is 5.97 Å². The van der Waals surface area contributed by atoms with Crippen LogP contribution in [0.15, 0.2) is 34.7 Å². The van der Waals surface area contributed by atoms with E-state index in [0.717, 1.165) is 0 Å². The first kappa shape index (κ1) is 16.2. The summed E-state index contributed by atoms with van der Waals surface area (Å²) in [5.41, 5.74) is 0.0177. The molecule has 118 valence electrons. The molecule has 0 saturated carbocycles.